The molecule has 1 aromatic rings. The van der Waals surface area contributed by atoms with Gasteiger partial charge in [-0.1, -0.05) is 31.5 Å². The largest absolute Gasteiger partial charge is 0.455 e. The molecule has 0 spiro atoms. The third-order valence-electron chi connectivity index (χ3n) is 3.27. The van der Waals surface area contributed by atoms with Crippen LogP contribution >= 0.6 is 0 Å². The Morgan fingerprint density at radius 3 is 2.21 bits per heavy atom. The number of anilines is 1. The maximum Gasteiger partial charge on any atom is 0.455 e. The fourth-order valence-corrected chi connectivity index (χ4v) is 2.02. The highest BCUT2D eigenvalue weighted by molar-refractivity contribution is 5.91. The number of carbonyl (C=O) groups excluding carboxylic acids is 1. The summed E-state index contributed by atoms with van der Waals surface area (Å²) in [5.74, 6) is -11.1. The molecule has 0 aliphatic carbocycles. The lowest BCUT2D eigenvalue weighted by atomic mass is 9.94. The van der Waals surface area contributed by atoms with Crippen LogP contribution in [0.5, 0.6) is 0 Å². The summed E-state index contributed by atoms with van der Waals surface area (Å²) in [7, 11) is 1.16. The van der Waals surface area contributed by atoms with Gasteiger partial charge in [0.05, 0.1) is 11.3 Å². The molecule has 0 bridgehead atoms. The van der Waals surface area contributed by atoms with E-state index in [4.69, 9.17) is 5.11 Å². The molecule has 0 heterocycles. The van der Waals surface area contributed by atoms with Gasteiger partial charge in [-0.2, -0.15) is 26.3 Å². The first kappa shape index (κ1) is 20.1. The molecule has 10 heteroatoms. The third-order valence-corrected chi connectivity index (χ3v) is 3.27. The van der Waals surface area contributed by atoms with E-state index >= 15 is 0 Å². The first-order valence-electron chi connectivity index (χ1n) is 6.87. The standard InChI is InChI=1S/C14H16F6N2O2/c1-3-5-8-6-4-7-9(10(8)22-11(23)21-2)12(15,16)13(17,24)14(18,19)20/h4,6-7,24H,3,5H2,1-2H3,(H2,21,22,23). The van der Waals surface area contributed by atoms with Crippen LogP contribution in [0.15, 0.2) is 18.2 Å². The van der Waals surface area contributed by atoms with E-state index < -0.39 is 35.2 Å². The van der Waals surface area contributed by atoms with Crippen LogP contribution in [-0.4, -0.2) is 30.2 Å². The van der Waals surface area contributed by atoms with Crippen molar-refractivity contribution in [3.63, 3.8) is 0 Å². The van der Waals surface area contributed by atoms with Crippen molar-refractivity contribution in [3.8, 4) is 0 Å². The molecule has 1 aromatic carbocycles. The summed E-state index contributed by atoms with van der Waals surface area (Å²) in [6, 6.07) is 1.83. The molecule has 0 radical (unpaired) electrons. The van der Waals surface area contributed by atoms with Gasteiger partial charge in [0.25, 0.3) is 0 Å². The Morgan fingerprint density at radius 2 is 1.75 bits per heavy atom. The average molecular weight is 358 g/mol. The van der Waals surface area contributed by atoms with E-state index in [0.717, 1.165) is 13.1 Å². The van der Waals surface area contributed by atoms with E-state index in [2.05, 4.69) is 5.32 Å². The first-order valence-corrected chi connectivity index (χ1v) is 6.87. The number of para-hydroxylation sites is 1. The van der Waals surface area contributed by atoms with Crippen LogP contribution in [0.2, 0.25) is 0 Å². The van der Waals surface area contributed by atoms with Gasteiger partial charge in [0.1, 0.15) is 0 Å². The van der Waals surface area contributed by atoms with Gasteiger partial charge >= 0.3 is 24.0 Å². The minimum Gasteiger partial charge on any atom is -0.350 e. The molecule has 0 aromatic heterocycles. The Bertz CT molecular complexity index is 601. The van der Waals surface area contributed by atoms with Crippen molar-refractivity contribution in [2.24, 2.45) is 0 Å². The van der Waals surface area contributed by atoms with Gasteiger partial charge in [0.15, 0.2) is 0 Å². The van der Waals surface area contributed by atoms with Crippen molar-refractivity contribution in [2.75, 3.05) is 12.4 Å². The molecule has 0 aliphatic heterocycles. The number of urea groups is 1. The number of nitrogens with one attached hydrogen (secondary N) is 2. The zero-order valence-corrected chi connectivity index (χ0v) is 12.8. The summed E-state index contributed by atoms with van der Waals surface area (Å²) >= 11 is 0. The first-order chi connectivity index (χ1) is 10.9. The van der Waals surface area contributed by atoms with Crippen LogP contribution in [0.25, 0.3) is 0 Å². The summed E-state index contributed by atoms with van der Waals surface area (Å²) in [6.07, 6.45) is -5.67. The van der Waals surface area contributed by atoms with Crippen molar-refractivity contribution in [3.05, 3.63) is 29.3 Å². The predicted octanol–water partition coefficient (Wildman–Crippen LogP) is 3.70. The average Bonchev–Trinajstić information content (AvgIpc) is 2.47. The van der Waals surface area contributed by atoms with E-state index in [9.17, 15) is 31.1 Å². The van der Waals surface area contributed by atoms with Crippen LogP contribution in [0.1, 0.15) is 24.5 Å². The third kappa shape index (κ3) is 3.58. The lowest BCUT2D eigenvalue weighted by molar-refractivity contribution is -0.390. The number of alkyl halides is 6. The number of halogens is 6. The maximum atomic E-state index is 14.1. The molecular weight excluding hydrogens is 342 g/mol. The zero-order valence-electron chi connectivity index (χ0n) is 12.8. The van der Waals surface area contributed by atoms with Crippen molar-refractivity contribution in [1.29, 1.82) is 0 Å². The van der Waals surface area contributed by atoms with Gasteiger partial charge in [0.2, 0.25) is 0 Å². The van der Waals surface area contributed by atoms with E-state index in [1.807, 2.05) is 5.32 Å². The number of aryl methyl sites for hydroxylation is 1. The van der Waals surface area contributed by atoms with Gasteiger partial charge in [0, 0.05) is 7.05 Å². The number of amides is 2. The lowest BCUT2D eigenvalue weighted by Crippen LogP contribution is -2.53. The highest BCUT2D eigenvalue weighted by Gasteiger charge is 2.72. The second kappa shape index (κ2) is 6.88. The molecule has 1 atom stereocenters. The molecule has 136 valence electrons. The highest BCUT2D eigenvalue weighted by atomic mass is 19.4. The highest BCUT2D eigenvalue weighted by Crippen LogP contribution is 2.51. The zero-order chi connectivity index (χ0) is 18.8. The van der Waals surface area contributed by atoms with Crippen LogP contribution in [0, 0.1) is 0 Å². The number of hydrogen-bond donors (Lipinski definition) is 3. The van der Waals surface area contributed by atoms with Crippen molar-refractivity contribution in [1.82, 2.24) is 5.32 Å². The molecular formula is C14H16F6N2O2. The van der Waals surface area contributed by atoms with Gasteiger partial charge in [-0.05, 0) is 12.0 Å². The molecule has 3 N–H and O–H groups in total. The van der Waals surface area contributed by atoms with Crippen molar-refractivity contribution >= 4 is 11.7 Å². The number of carbonyl (C=O) groups is 1. The van der Waals surface area contributed by atoms with Crippen LogP contribution in [-0.2, 0) is 12.3 Å². The Morgan fingerprint density at radius 1 is 1.17 bits per heavy atom. The predicted molar refractivity (Wildman–Crippen MR) is 74.5 cm³/mol. The topological polar surface area (TPSA) is 61.4 Å². The van der Waals surface area contributed by atoms with Crippen molar-refractivity contribution in [2.45, 2.75) is 37.7 Å². The molecule has 0 saturated carbocycles. The lowest BCUT2D eigenvalue weighted by Gasteiger charge is -2.32. The Hall–Kier alpha value is -1.97. The SMILES string of the molecule is CCCc1cccc(C(F)(F)C(O)(F)C(F)(F)F)c1NC(=O)NC. The number of rotatable bonds is 5. The fourth-order valence-electron chi connectivity index (χ4n) is 2.02. The van der Waals surface area contributed by atoms with Gasteiger partial charge in [-0.3, -0.25) is 0 Å². The second-order valence-corrected chi connectivity index (χ2v) is 4.99. The molecule has 0 aliphatic rings. The molecule has 0 fully saturated rings. The van der Waals surface area contributed by atoms with Crippen LogP contribution in [0.3, 0.4) is 0 Å². The summed E-state index contributed by atoms with van der Waals surface area (Å²) in [6.45, 7) is 1.68. The Kier molecular flexibility index (Phi) is 5.75. The van der Waals surface area contributed by atoms with Crippen molar-refractivity contribution < 1.29 is 36.2 Å². The van der Waals surface area contributed by atoms with Gasteiger partial charge in [-0.15, -0.1) is 0 Å². The normalized spacial score (nSPS) is 14.9. The Balaban J connectivity index is 3.56. The van der Waals surface area contributed by atoms with E-state index in [0.29, 0.717) is 12.5 Å². The maximum absolute atomic E-state index is 14.1. The molecule has 1 unspecified atom stereocenters. The summed E-state index contributed by atoms with van der Waals surface area (Å²) in [4.78, 5) is 11.4. The van der Waals surface area contributed by atoms with Crippen LogP contribution < -0.4 is 10.6 Å². The molecule has 0 saturated heterocycles. The quantitative estimate of drug-likeness (QED) is 0.703. The molecule has 24 heavy (non-hydrogen) atoms. The minimum atomic E-state index is -6.23. The fraction of sp³-hybridized carbons (Fsp3) is 0.500. The van der Waals surface area contributed by atoms with Gasteiger partial charge < -0.3 is 15.7 Å². The van der Waals surface area contributed by atoms with E-state index in [1.165, 1.54) is 6.07 Å². The summed E-state index contributed by atoms with van der Waals surface area (Å²) in [5, 5.41) is 12.8. The molecule has 4 nitrogen and oxygen atoms in total. The van der Waals surface area contributed by atoms with Gasteiger partial charge in [-0.25, -0.2) is 4.79 Å². The van der Waals surface area contributed by atoms with Crippen LogP contribution in [0.4, 0.5) is 36.8 Å². The summed E-state index contributed by atoms with van der Waals surface area (Å²) < 4.78 is 79.4. The Labute approximate surface area is 133 Å². The van der Waals surface area contributed by atoms with E-state index in [-0.39, 0.29) is 12.0 Å². The molecule has 2 amide bonds. The monoisotopic (exact) mass is 358 g/mol. The smallest absolute Gasteiger partial charge is 0.350 e. The number of hydrogen-bond acceptors (Lipinski definition) is 2. The number of benzene rings is 1. The minimum absolute atomic E-state index is 0.0799. The second-order valence-electron chi connectivity index (χ2n) is 4.99. The number of aliphatic hydroxyl groups is 1. The molecule has 1 rings (SSSR count). The summed E-state index contributed by atoms with van der Waals surface area (Å²) in [5.41, 5.74) is -2.07. The van der Waals surface area contributed by atoms with E-state index in [1.54, 1.807) is 6.92 Å².